The number of amides is 2. The summed E-state index contributed by atoms with van der Waals surface area (Å²) in [5.41, 5.74) is -1.49. The van der Waals surface area contributed by atoms with Crippen molar-refractivity contribution in [3.63, 3.8) is 0 Å². The van der Waals surface area contributed by atoms with Crippen LogP contribution in [0.4, 0.5) is 5.69 Å². The number of anilines is 1. The molecule has 1 spiro atoms. The van der Waals surface area contributed by atoms with Crippen LogP contribution in [0.25, 0.3) is 0 Å². The van der Waals surface area contributed by atoms with Crippen molar-refractivity contribution in [2.24, 2.45) is 11.8 Å². The number of halogens is 1. The molecule has 3 heterocycles. The monoisotopic (exact) mass is 490 g/mol. The molecule has 2 amide bonds. The van der Waals surface area contributed by atoms with E-state index in [1.165, 1.54) is 9.80 Å². The predicted molar refractivity (Wildman–Crippen MR) is 126 cm³/mol. The molecule has 9 heteroatoms. The fraction of sp³-hybridized carbons (Fsp3) is 0.560. The maximum atomic E-state index is 14.2. The fourth-order valence-electron chi connectivity index (χ4n) is 6.02. The third-order valence-electron chi connectivity index (χ3n) is 7.44. The van der Waals surface area contributed by atoms with Crippen LogP contribution in [0.15, 0.2) is 36.9 Å². The summed E-state index contributed by atoms with van der Waals surface area (Å²) in [6, 6.07) is 5.17. The molecule has 0 aliphatic carbocycles. The van der Waals surface area contributed by atoms with Crippen LogP contribution in [0.3, 0.4) is 0 Å². The summed E-state index contributed by atoms with van der Waals surface area (Å²) in [5.74, 6) is -2.88. The van der Waals surface area contributed by atoms with Crippen LogP contribution in [0, 0.1) is 11.8 Å². The number of carbonyl (C=O) groups excluding carboxylic acids is 3. The number of hydrogen-bond donors (Lipinski definition) is 1. The SMILES string of the molecule is C=CCN(C(=O)C1N([C@H](C)CO)C(=O)[C@@H]2[C@@H](C(=O)OCC)[C@@]3(C)CCC12O3)c1ccc(Cl)cc1. The Morgan fingerprint density at radius 3 is 2.65 bits per heavy atom. The highest BCUT2D eigenvalue weighted by atomic mass is 35.5. The lowest BCUT2D eigenvalue weighted by molar-refractivity contribution is -0.160. The third kappa shape index (κ3) is 3.54. The first-order valence-electron chi connectivity index (χ1n) is 11.6. The summed E-state index contributed by atoms with van der Waals surface area (Å²) in [7, 11) is 0. The standard InChI is InChI=1S/C25H31ClN2O6/c1-5-13-27(17-9-7-16(26)8-10-17)22(31)20-25-12-11-24(4,34-25)19(23(32)33-6-2)18(25)21(30)28(20)15(3)14-29/h5,7-10,15,18-20,29H,1,6,11-14H2,2-4H3/t15-,18+,19+,20?,24-,25?/m1/s1. The molecule has 3 fully saturated rings. The quantitative estimate of drug-likeness (QED) is 0.444. The Balaban J connectivity index is 1.82. The van der Waals surface area contributed by atoms with Crippen molar-refractivity contribution in [1.29, 1.82) is 0 Å². The summed E-state index contributed by atoms with van der Waals surface area (Å²) in [6.45, 7) is 9.05. The van der Waals surface area contributed by atoms with Gasteiger partial charge in [0.15, 0.2) is 0 Å². The molecule has 184 valence electrons. The molecule has 2 bridgehead atoms. The molecule has 3 aliphatic heterocycles. The first-order chi connectivity index (χ1) is 16.1. The molecule has 0 saturated carbocycles. The second kappa shape index (κ2) is 8.98. The minimum absolute atomic E-state index is 0.183. The number of esters is 1. The van der Waals surface area contributed by atoms with E-state index in [4.69, 9.17) is 21.1 Å². The molecule has 1 aromatic rings. The van der Waals surface area contributed by atoms with Gasteiger partial charge in [-0.05, 0) is 57.9 Å². The van der Waals surface area contributed by atoms with E-state index in [-0.39, 0.29) is 31.6 Å². The summed E-state index contributed by atoms with van der Waals surface area (Å²) in [5, 5.41) is 10.5. The van der Waals surface area contributed by atoms with E-state index in [0.29, 0.717) is 23.6 Å². The Morgan fingerprint density at radius 2 is 2.06 bits per heavy atom. The number of carbonyl (C=O) groups is 3. The number of aliphatic hydroxyl groups is 1. The molecule has 3 aliphatic rings. The predicted octanol–water partition coefficient (Wildman–Crippen LogP) is 2.57. The molecule has 34 heavy (non-hydrogen) atoms. The zero-order valence-electron chi connectivity index (χ0n) is 19.7. The maximum Gasteiger partial charge on any atom is 0.312 e. The highest BCUT2D eigenvalue weighted by Crippen LogP contribution is 2.63. The molecule has 4 rings (SSSR count). The molecular formula is C25H31ClN2O6. The minimum Gasteiger partial charge on any atom is -0.466 e. The zero-order chi connectivity index (χ0) is 24.8. The molecule has 0 radical (unpaired) electrons. The second-order valence-electron chi connectivity index (χ2n) is 9.47. The maximum absolute atomic E-state index is 14.2. The van der Waals surface area contributed by atoms with Crippen LogP contribution in [0.2, 0.25) is 5.02 Å². The molecule has 8 nitrogen and oxygen atoms in total. The Morgan fingerprint density at radius 1 is 1.38 bits per heavy atom. The van der Waals surface area contributed by atoms with Crippen molar-refractivity contribution in [1.82, 2.24) is 4.90 Å². The normalized spacial score (nSPS) is 32.4. The topological polar surface area (TPSA) is 96.4 Å². The van der Waals surface area contributed by atoms with E-state index in [9.17, 15) is 19.5 Å². The smallest absolute Gasteiger partial charge is 0.312 e. The first-order valence-corrected chi connectivity index (χ1v) is 12.0. The molecular weight excluding hydrogens is 460 g/mol. The van der Waals surface area contributed by atoms with E-state index in [0.717, 1.165) is 0 Å². The number of likely N-dealkylation sites (tertiary alicyclic amines) is 1. The van der Waals surface area contributed by atoms with Crippen molar-refractivity contribution < 1.29 is 29.0 Å². The Hall–Kier alpha value is -2.42. The lowest BCUT2D eigenvalue weighted by Gasteiger charge is -2.38. The van der Waals surface area contributed by atoms with Gasteiger partial charge in [-0.1, -0.05) is 17.7 Å². The molecule has 0 aromatic heterocycles. The van der Waals surface area contributed by atoms with Gasteiger partial charge in [-0.3, -0.25) is 14.4 Å². The molecule has 3 saturated heterocycles. The van der Waals surface area contributed by atoms with Gasteiger partial charge < -0.3 is 24.4 Å². The average molecular weight is 491 g/mol. The van der Waals surface area contributed by atoms with Crippen molar-refractivity contribution in [3.8, 4) is 0 Å². The van der Waals surface area contributed by atoms with Crippen molar-refractivity contribution >= 4 is 35.1 Å². The van der Waals surface area contributed by atoms with Crippen LogP contribution in [-0.4, -0.2) is 70.8 Å². The van der Waals surface area contributed by atoms with E-state index in [1.807, 2.05) is 6.92 Å². The number of ether oxygens (including phenoxy) is 2. The van der Waals surface area contributed by atoms with Gasteiger partial charge in [0, 0.05) is 17.3 Å². The number of fused-ring (bicyclic) bond motifs is 1. The van der Waals surface area contributed by atoms with Gasteiger partial charge in [-0.2, -0.15) is 0 Å². The summed E-state index contributed by atoms with van der Waals surface area (Å²) in [4.78, 5) is 44.0. The number of aliphatic hydroxyl groups excluding tert-OH is 1. The van der Waals surface area contributed by atoms with Gasteiger partial charge in [0.25, 0.3) is 5.91 Å². The van der Waals surface area contributed by atoms with Crippen molar-refractivity contribution in [2.45, 2.75) is 56.9 Å². The van der Waals surface area contributed by atoms with E-state index in [1.54, 1.807) is 44.2 Å². The van der Waals surface area contributed by atoms with Crippen LogP contribution < -0.4 is 4.90 Å². The molecule has 2 unspecified atom stereocenters. The highest BCUT2D eigenvalue weighted by Gasteiger charge is 2.78. The van der Waals surface area contributed by atoms with Gasteiger partial charge in [-0.15, -0.1) is 6.58 Å². The van der Waals surface area contributed by atoms with Crippen molar-refractivity contribution in [2.75, 3.05) is 24.7 Å². The number of nitrogens with zero attached hydrogens (tertiary/aromatic N) is 2. The summed E-state index contributed by atoms with van der Waals surface area (Å²) < 4.78 is 11.8. The number of rotatable bonds is 8. The Bertz CT molecular complexity index is 1000. The Kier molecular flexibility index (Phi) is 6.52. The number of hydrogen-bond acceptors (Lipinski definition) is 6. The van der Waals surface area contributed by atoms with Crippen LogP contribution in [-0.2, 0) is 23.9 Å². The molecule has 1 aromatic carbocycles. The Labute approximate surface area is 204 Å². The molecule has 1 N–H and O–H groups in total. The fourth-order valence-corrected chi connectivity index (χ4v) is 6.14. The van der Waals surface area contributed by atoms with Crippen LogP contribution in [0.1, 0.15) is 33.6 Å². The van der Waals surface area contributed by atoms with Crippen molar-refractivity contribution in [3.05, 3.63) is 41.9 Å². The van der Waals surface area contributed by atoms with Crippen LogP contribution in [0.5, 0.6) is 0 Å². The van der Waals surface area contributed by atoms with Gasteiger partial charge in [0.05, 0.1) is 30.8 Å². The second-order valence-corrected chi connectivity index (χ2v) is 9.91. The van der Waals surface area contributed by atoms with Gasteiger partial charge >= 0.3 is 5.97 Å². The van der Waals surface area contributed by atoms with E-state index >= 15 is 0 Å². The highest BCUT2D eigenvalue weighted by molar-refractivity contribution is 6.30. The van der Waals surface area contributed by atoms with Gasteiger partial charge in [-0.25, -0.2) is 0 Å². The summed E-state index contributed by atoms with van der Waals surface area (Å²) in [6.07, 6.45) is 2.57. The minimum atomic E-state index is -1.18. The van der Waals surface area contributed by atoms with Gasteiger partial charge in [0.2, 0.25) is 5.91 Å². The van der Waals surface area contributed by atoms with Gasteiger partial charge in [0.1, 0.15) is 17.6 Å². The average Bonchev–Trinajstić information content (AvgIpc) is 3.38. The zero-order valence-corrected chi connectivity index (χ0v) is 20.5. The number of benzene rings is 1. The largest absolute Gasteiger partial charge is 0.466 e. The first kappa shape index (κ1) is 24.7. The lowest BCUT2D eigenvalue weighted by atomic mass is 9.66. The summed E-state index contributed by atoms with van der Waals surface area (Å²) >= 11 is 6.04. The van der Waals surface area contributed by atoms with E-state index < -0.39 is 41.1 Å². The lowest BCUT2D eigenvalue weighted by Crippen LogP contribution is -2.58. The third-order valence-corrected chi connectivity index (χ3v) is 7.70. The van der Waals surface area contributed by atoms with Crippen LogP contribution >= 0.6 is 11.6 Å². The molecule has 6 atom stereocenters. The van der Waals surface area contributed by atoms with E-state index in [2.05, 4.69) is 6.58 Å².